The number of aryl methyl sites for hydroxylation is 2. The molecule has 0 atom stereocenters. The number of benzene rings is 1. The fraction of sp³-hybridized carbons (Fsp3) is 0.111. The molecule has 0 amide bonds. The Morgan fingerprint density at radius 1 is 1.00 bits per heavy atom. The van der Waals surface area contributed by atoms with Crippen molar-refractivity contribution in [2.45, 2.75) is 20.8 Å². The van der Waals surface area contributed by atoms with Gasteiger partial charge in [0.2, 0.25) is 5.88 Å². The van der Waals surface area contributed by atoms with Crippen LogP contribution in [0.4, 0.5) is 5.88 Å². The van der Waals surface area contributed by atoms with Crippen LogP contribution in [-0.4, -0.2) is 10.8 Å². The number of hydrogen-bond acceptors (Lipinski definition) is 5. The molecule has 34 heavy (non-hydrogen) atoms. The number of hydrogen-bond donors (Lipinski definition) is 0. The molecule has 5 aromatic rings. The van der Waals surface area contributed by atoms with Gasteiger partial charge in [-0.3, -0.25) is 0 Å². The molecule has 0 aliphatic heterocycles. The summed E-state index contributed by atoms with van der Waals surface area (Å²) in [5.74, 6) is 1.56. The summed E-state index contributed by atoms with van der Waals surface area (Å²) >= 11 is 6.35. The second-order valence-electron chi connectivity index (χ2n) is 7.91. The maximum Gasteiger partial charge on any atom is 0.238 e. The minimum absolute atomic E-state index is 0.184. The molecule has 0 radical (unpaired) electrons. The van der Waals surface area contributed by atoms with E-state index in [4.69, 9.17) is 24.9 Å². The lowest BCUT2D eigenvalue weighted by Crippen LogP contribution is -1.99. The molecule has 0 unspecified atom stereocenters. The molecule has 0 saturated heterocycles. The molecule has 7 heteroatoms. The SMILES string of the molecule is Cc1ccc(-n2c(C)cc(C=Nc3oc(-c4ccco4)c(-c4ccco4)c3C#N)c2C)cc1Cl. The Kier molecular flexibility index (Phi) is 5.48. The third-order valence-electron chi connectivity index (χ3n) is 5.72. The molecule has 168 valence electrons. The fourth-order valence-corrected chi connectivity index (χ4v) is 4.19. The van der Waals surface area contributed by atoms with Crippen molar-refractivity contribution in [3.63, 3.8) is 0 Å². The van der Waals surface area contributed by atoms with Crippen LogP contribution >= 0.6 is 11.6 Å². The Morgan fingerprint density at radius 3 is 2.38 bits per heavy atom. The number of nitriles is 1. The first-order valence-corrected chi connectivity index (χ1v) is 11.0. The van der Waals surface area contributed by atoms with E-state index in [1.165, 1.54) is 0 Å². The van der Waals surface area contributed by atoms with Crippen molar-refractivity contribution in [1.29, 1.82) is 5.26 Å². The highest BCUT2D eigenvalue weighted by Gasteiger charge is 2.26. The molecule has 6 nitrogen and oxygen atoms in total. The number of aliphatic imine (C=N–C) groups is 1. The first-order chi connectivity index (χ1) is 16.5. The smallest absolute Gasteiger partial charge is 0.238 e. The quantitative estimate of drug-likeness (QED) is 0.246. The molecule has 0 aliphatic carbocycles. The van der Waals surface area contributed by atoms with Gasteiger partial charge in [0.25, 0.3) is 0 Å². The number of aromatic nitrogens is 1. The van der Waals surface area contributed by atoms with E-state index in [0.717, 1.165) is 28.2 Å². The Hall–Kier alpha value is -4.21. The van der Waals surface area contributed by atoms with Crippen molar-refractivity contribution in [3.05, 3.63) is 94.2 Å². The van der Waals surface area contributed by atoms with Crippen LogP contribution in [0.2, 0.25) is 5.02 Å². The molecule has 0 spiro atoms. The second-order valence-corrected chi connectivity index (χ2v) is 8.31. The minimum atomic E-state index is 0.184. The standard InChI is InChI=1S/C27H20ClN3O3/c1-16-8-9-20(13-22(16)28)31-17(2)12-19(18(31)3)15-30-27-21(14-29)25(23-6-4-10-32-23)26(34-27)24-7-5-11-33-24/h4-13,15H,1-3H3. The summed E-state index contributed by atoms with van der Waals surface area (Å²) in [5, 5.41) is 10.6. The van der Waals surface area contributed by atoms with E-state index in [1.54, 1.807) is 43.0 Å². The number of nitrogens with zero attached hydrogens (tertiary/aromatic N) is 3. The Labute approximate surface area is 201 Å². The summed E-state index contributed by atoms with van der Waals surface area (Å²) in [5.41, 5.74) is 5.70. The van der Waals surface area contributed by atoms with Crippen molar-refractivity contribution >= 4 is 23.7 Å². The average molecular weight is 470 g/mol. The normalized spacial score (nSPS) is 11.4. The molecule has 0 fully saturated rings. The van der Waals surface area contributed by atoms with Crippen LogP contribution in [0.15, 0.2) is 79.3 Å². The van der Waals surface area contributed by atoms with Crippen molar-refractivity contribution in [1.82, 2.24) is 4.57 Å². The van der Waals surface area contributed by atoms with E-state index in [-0.39, 0.29) is 11.4 Å². The van der Waals surface area contributed by atoms with Crippen LogP contribution < -0.4 is 0 Å². The maximum absolute atomic E-state index is 9.93. The number of furan rings is 3. The van der Waals surface area contributed by atoms with Gasteiger partial charge in [-0.05, 0) is 68.8 Å². The van der Waals surface area contributed by atoms with Crippen molar-refractivity contribution in [3.8, 4) is 34.6 Å². The zero-order valence-electron chi connectivity index (χ0n) is 18.8. The summed E-state index contributed by atoms with van der Waals surface area (Å²) < 4.78 is 19.2. The van der Waals surface area contributed by atoms with E-state index in [9.17, 15) is 5.26 Å². The summed E-state index contributed by atoms with van der Waals surface area (Å²) in [6, 6.07) is 17.3. The molecular formula is C27H20ClN3O3. The lowest BCUT2D eigenvalue weighted by atomic mass is 10.1. The predicted octanol–water partition coefficient (Wildman–Crippen LogP) is 7.79. The van der Waals surface area contributed by atoms with Gasteiger partial charge in [-0.15, -0.1) is 0 Å². The summed E-state index contributed by atoms with van der Waals surface area (Å²) in [6.07, 6.45) is 4.79. The van der Waals surface area contributed by atoms with Crippen molar-refractivity contribution < 1.29 is 13.3 Å². The number of rotatable bonds is 5. The van der Waals surface area contributed by atoms with Crippen LogP contribution in [0, 0.1) is 32.1 Å². The van der Waals surface area contributed by atoms with Crippen LogP contribution in [-0.2, 0) is 0 Å². The molecule has 4 heterocycles. The van der Waals surface area contributed by atoms with E-state index in [1.807, 2.05) is 45.0 Å². The molecular weight excluding hydrogens is 450 g/mol. The van der Waals surface area contributed by atoms with E-state index >= 15 is 0 Å². The van der Waals surface area contributed by atoms with Gasteiger partial charge in [-0.2, -0.15) is 5.26 Å². The zero-order chi connectivity index (χ0) is 23.8. The molecule has 5 rings (SSSR count). The fourth-order valence-electron chi connectivity index (χ4n) is 4.02. The van der Waals surface area contributed by atoms with Gasteiger partial charge in [0.1, 0.15) is 17.4 Å². The minimum Gasteiger partial charge on any atom is -0.464 e. The van der Waals surface area contributed by atoms with Gasteiger partial charge in [0.15, 0.2) is 11.5 Å². The zero-order valence-corrected chi connectivity index (χ0v) is 19.6. The second kappa shape index (κ2) is 8.62. The van der Waals surface area contributed by atoms with Gasteiger partial charge >= 0.3 is 0 Å². The van der Waals surface area contributed by atoms with Gasteiger partial charge in [0.05, 0.1) is 18.1 Å². The highest BCUT2D eigenvalue weighted by molar-refractivity contribution is 6.31. The molecule has 0 saturated carbocycles. The van der Waals surface area contributed by atoms with Crippen LogP contribution in [0.5, 0.6) is 0 Å². The average Bonchev–Trinajstić information content (AvgIpc) is 3.61. The van der Waals surface area contributed by atoms with Crippen molar-refractivity contribution in [2.24, 2.45) is 4.99 Å². The monoisotopic (exact) mass is 469 g/mol. The highest BCUT2D eigenvalue weighted by atomic mass is 35.5. The molecule has 0 N–H and O–H groups in total. The number of halogens is 1. The Morgan fingerprint density at radius 2 is 1.74 bits per heavy atom. The van der Waals surface area contributed by atoms with Gasteiger partial charge < -0.3 is 17.8 Å². The van der Waals surface area contributed by atoms with Gasteiger partial charge in [0, 0.05) is 33.9 Å². The van der Waals surface area contributed by atoms with Gasteiger partial charge in [-0.25, -0.2) is 4.99 Å². The topological polar surface area (TPSA) is 80.5 Å². The van der Waals surface area contributed by atoms with Crippen LogP contribution in [0.1, 0.15) is 28.1 Å². The lowest BCUT2D eigenvalue weighted by molar-refractivity contribution is 0.527. The Balaban J connectivity index is 1.59. The first kappa shape index (κ1) is 21.6. The van der Waals surface area contributed by atoms with E-state index < -0.39 is 0 Å². The Bertz CT molecular complexity index is 1550. The molecule has 0 aliphatic rings. The maximum atomic E-state index is 9.93. The third-order valence-corrected chi connectivity index (χ3v) is 6.13. The van der Waals surface area contributed by atoms with Crippen LogP contribution in [0.3, 0.4) is 0 Å². The largest absolute Gasteiger partial charge is 0.464 e. The molecule has 4 aromatic heterocycles. The summed E-state index contributed by atoms with van der Waals surface area (Å²) in [7, 11) is 0. The van der Waals surface area contributed by atoms with Crippen molar-refractivity contribution in [2.75, 3.05) is 0 Å². The first-order valence-electron chi connectivity index (χ1n) is 10.6. The third kappa shape index (κ3) is 3.66. The van der Waals surface area contributed by atoms with E-state index in [2.05, 4.69) is 15.6 Å². The lowest BCUT2D eigenvalue weighted by Gasteiger charge is -2.11. The predicted molar refractivity (Wildman–Crippen MR) is 131 cm³/mol. The van der Waals surface area contributed by atoms with Crippen LogP contribution in [0.25, 0.3) is 28.5 Å². The van der Waals surface area contributed by atoms with E-state index in [0.29, 0.717) is 27.9 Å². The molecule has 0 bridgehead atoms. The van der Waals surface area contributed by atoms with Gasteiger partial charge in [-0.1, -0.05) is 17.7 Å². The molecule has 1 aromatic carbocycles. The summed E-state index contributed by atoms with van der Waals surface area (Å²) in [6.45, 7) is 6.01. The summed E-state index contributed by atoms with van der Waals surface area (Å²) in [4.78, 5) is 4.55. The highest BCUT2D eigenvalue weighted by Crippen LogP contribution is 2.42.